The second kappa shape index (κ2) is 5.37. The Morgan fingerprint density at radius 2 is 1.24 bits per heavy atom. The van der Waals surface area contributed by atoms with Crippen LogP contribution in [0.3, 0.4) is 0 Å². The largest absolute Gasteiger partial charge is 0.478 e. The average Bonchev–Trinajstić information content (AvgIpc) is 2.47. The van der Waals surface area contributed by atoms with Crippen LogP contribution in [0.15, 0.2) is 58.3 Å². The number of sulfone groups is 1. The van der Waals surface area contributed by atoms with Crippen molar-refractivity contribution < 1.29 is 28.2 Å². The highest BCUT2D eigenvalue weighted by Gasteiger charge is 2.29. The lowest BCUT2D eigenvalue weighted by molar-refractivity contribution is 0.0689. The summed E-state index contributed by atoms with van der Waals surface area (Å²) in [4.78, 5) is 21.6. The van der Waals surface area contributed by atoms with Crippen LogP contribution >= 0.6 is 0 Å². The van der Waals surface area contributed by atoms with Gasteiger partial charge in [0.1, 0.15) is 4.90 Å². The first-order valence-corrected chi connectivity index (χ1v) is 7.23. The van der Waals surface area contributed by atoms with Gasteiger partial charge in [-0.05, 0) is 24.3 Å². The predicted molar refractivity (Wildman–Crippen MR) is 72.3 cm³/mol. The van der Waals surface area contributed by atoms with Crippen molar-refractivity contribution in [1.82, 2.24) is 0 Å². The summed E-state index contributed by atoms with van der Waals surface area (Å²) in [5.74, 6) is -3.01. The summed E-state index contributed by atoms with van der Waals surface area (Å²) in [5.41, 5.74) is -1.14. The second-order valence-electron chi connectivity index (χ2n) is 4.11. The third-order valence-corrected chi connectivity index (χ3v) is 4.67. The summed E-state index contributed by atoms with van der Waals surface area (Å²) in [5, 5.41) is 18.2. The Kier molecular flexibility index (Phi) is 3.77. The van der Waals surface area contributed by atoms with Gasteiger partial charge in [0.25, 0.3) is 0 Å². The number of hydrogen-bond acceptors (Lipinski definition) is 4. The Balaban J connectivity index is 2.85. The van der Waals surface area contributed by atoms with Gasteiger partial charge in [0.05, 0.1) is 16.0 Å². The van der Waals surface area contributed by atoms with Crippen molar-refractivity contribution in [3.8, 4) is 0 Å². The van der Waals surface area contributed by atoms with Gasteiger partial charge in [0, 0.05) is 0 Å². The second-order valence-corrected chi connectivity index (χ2v) is 6.00. The van der Waals surface area contributed by atoms with Gasteiger partial charge in [-0.1, -0.05) is 24.3 Å². The SMILES string of the molecule is O=C(O)c1cccc(C(=O)O)c1S(=O)(=O)c1ccccc1. The van der Waals surface area contributed by atoms with Crippen molar-refractivity contribution in [3.05, 3.63) is 59.7 Å². The van der Waals surface area contributed by atoms with Crippen LogP contribution in [0.2, 0.25) is 0 Å². The third-order valence-electron chi connectivity index (χ3n) is 2.80. The molecule has 0 fully saturated rings. The monoisotopic (exact) mass is 306 g/mol. The molecular formula is C14H10O6S. The normalized spacial score (nSPS) is 11.0. The first-order valence-electron chi connectivity index (χ1n) is 5.75. The van der Waals surface area contributed by atoms with E-state index in [0.29, 0.717) is 0 Å². The number of aromatic carboxylic acids is 2. The smallest absolute Gasteiger partial charge is 0.337 e. The van der Waals surface area contributed by atoms with Crippen LogP contribution in [0.4, 0.5) is 0 Å². The van der Waals surface area contributed by atoms with Gasteiger partial charge < -0.3 is 10.2 Å². The Morgan fingerprint density at radius 3 is 1.67 bits per heavy atom. The molecule has 0 aromatic heterocycles. The molecule has 0 bridgehead atoms. The molecule has 21 heavy (non-hydrogen) atoms. The molecule has 0 aliphatic carbocycles. The van der Waals surface area contributed by atoms with Gasteiger partial charge in [-0.25, -0.2) is 18.0 Å². The van der Waals surface area contributed by atoms with Crippen molar-refractivity contribution in [2.24, 2.45) is 0 Å². The average molecular weight is 306 g/mol. The highest BCUT2D eigenvalue weighted by Crippen LogP contribution is 2.27. The minimum Gasteiger partial charge on any atom is -0.478 e. The predicted octanol–water partition coefficient (Wildman–Crippen LogP) is 1.92. The van der Waals surface area contributed by atoms with Crippen LogP contribution in [0.1, 0.15) is 20.7 Å². The zero-order valence-corrected chi connectivity index (χ0v) is 11.4. The summed E-state index contributed by atoms with van der Waals surface area (Å²) < 4.78 is 25.1. The molecule has 0 atom stereocenters. The fraction of sp³-hybridized carbons (Fsp3) is 0. The Bertz CT molecular complexity index is 776. The Hall–Kier alpha value is -2.67. The lowest BCUT2D eigenvalue weighted by Gasteiger charge is -2.11. The molecule has 0 unspecified atom stereocenters. The molecule has 0 saturated carbocycles. The van der Waals surface area contributed by atoms with Crippen molar-refractivity contribution in [1.29, 1.82) is 0 Å². The van der Waals surface area contributed by atoms with Gasteiger partial charge in [0.2, 0.25) is 9.84 Å². The molecule has 0 saturated heterocycles. The van der Waals surface area contributed by atoms with Crippen LogP contribution < -0.4 is 0 Å². The van der Waals surface area contributed by atoms with Crippen LogP contribution in [0, 0.1) is 0 Å². The standard InChI is InChI=1S/C14H10O6S/c15-13(16)10-7-4-8-11(14(17)18)12(10)21(19,20)9-5-2-1-3-6-9/h1-8H,(H,15,16)(H,17,18). The summed E-state index contributed by atoms with van der Waals surface area (Å²) in [6.45, 7) is 0. The highest BCUT2D eigenvalue weighted by atomic mass is 32.2. The van der Waals surface area contributed by atoms with E-state index in [-0.39, 0.29) is 4.90 Å². The number of hydrogen-bond donors (Lipinski definition) is 2. The topological polar surface area (TPSA) is 109 Å². The van der Waals surface area contributed by atoms with E-state index in [4.69, 9.17) is 10.2 Å². The minimum atomic E-state index is -4.25. The first kappa shape index (κ1) is 14.7. The van der Waals surface area contributed by atoms with E-state index >= 15 is 0 Å². The summed E-state index contributed by atoms with van der Waals surface area (Å²) in [6.07, 6.45) is 0. The Morgan fingerprint density at radius 1 is 0.762 bits per heavy atom. The maximum absolute atomic E-state index is 12.6. The summed E-state index contributed by atoms with van der Waals surface area (Å²) >= 11 is 0. The van der Waals surface area contributed by atoms with Crippen molar-refractivity contribution in [2.45, 2.75) is 9.79 Å². The fourth-order valence-electron chi connectivity index (χ4n) is 1.88. The molecule has 0 radical (unpaired) electrons. The van der Waals surface area contributed by atoms with Gasteiger partial charge in [-0.3, -0.25) is 0 Å². The highest BCUT2D eigenvalue weighted by molar-refractivity contribution is 7.91. The number of rotatable bonds is 4. The molecule has 0 amide bonds. The van der Waals surface area contributed by atoms with E-state index in [9.17, 15) is 18.0 Å². The van der Waals surface area contributed by atoms with Crippen molar-refractivity contribution in [2.75, 3.05) is 0 Å². The molecule has 0 heterocycles. The molecule has 0 aliphatic heterocycles. The number of carbonyl (C=O) groups is 2. The lowest BCUT2D eigenvalue weighted by atomic mass is 10.1. The maximum Gasteiger partial charge on any atom is 0.337 e. The van der Waals surface area contributed by atoms with Gasteiger partial charge >= 0.3 is 11.9 Å². The molecule has 2 N–H and O–H groups in total. The van der Waals surface area contributed by atoms with E-state index in [2.05, 4.69) is 0 Å². The van der Waals surface area contributed by atoms with Crippen LogP contribution in [-0.4, -0.2) is 30.6 Å². The van der Waals surface area contributed by atoms with Crippen molar-refractivity contribution >= 4 is 21.8 Å². The summed E-state index contributed by atoms with van der Waals surface area (Å²) in [6, 6.07) is 10.4. The van der Waals surface area contributed by atoms with E-state index in [1.54, 1.807) is 6.07 Å². The maximum atomic E-state index is 12.6. The minimum absolute atomic E-state index is 0.166. The van der Waals surface area contributed by atoms with Gasteiger partial charge in [-0.15, -0.1) is 0 Å². The van der Waals surface area contributed by atoms with Crippen LogP contribution in [-0.2, 0) is 9.84 Å². The molecule has 2 aromatic carbocycles. The number of carboxylic acid groups (broad SMARTS) is 2. The molecule has 108 valence electrons. The van der Waals surface area contributed by atoms with E-state index in [1.807, 2.05) is 0 Å². The lowest BCUT2D eigenvalue weighted by Crippen LogP contribution is -2.15. The van der Waals surface area contributed by atoms with E-state index in [0.717, 1.165) is 12.1 Å². The molecule has 7 heteroatoms. The molecule has 2 aromatic rings. The quantitative estimate of drug-likeness (QED) is 0.893. The third kappa shape index (κ3) is 2.63. The zero-order chi connectivity index (χ0) is 15.6. The van der Waals surface area contributed by atoms with Crippen LogP contribution in [0.5, 0.6) is 0 Å². The zero-order valence-electron chi connectivity index (χ0n) is 10.6. The molecular weight excluding hydrogens is 296 g/mol. The van der Waals surface area contributed by atoms with Crippen LogP contribution in [0.25, 0.3) is 0 Å². The van der Waals surface area contributed by atoms with E-state index in [1.165, 1.54) is 30.3 Å². The molecule has 0 aliphatic rings. The van der Waals surface area contributed by atoms with E-state index < -0.39 is 37.8 Å². The van der Waals surface area contributed by atoms with Gasteiger partial charge in [0.15, 0.2) is 0 Å². The molecule has 2 rings (SSSR count). The number of benzene rings is 2. The fourth-order valence-corrected chi connectivity index (χ4v) is 3.52. The summed E-state index contributed by atoms with van der Waals surface area (Å²) in [7, 11) is -4.25. The molecule has 0 spiro atoms. The molecule has 6 nitrogen and oxygen atoms in total. The first-order chi connectivity index (χ1) is 9.85. The number of carboxylic acids is 2. The Labute approximate surface area is 120 Å². The van der Waals surface area contributed by atoms with Crippen molar-refractivity contribution in [3.63, 3.8) is 0 Å². The van der Waals surface area contributed by atoms with Gasteiger partial charge in [-0.2, -0.15) is 0 Å².